The molecule has 0 aliphatic carbocycles. The number of unbranched alkanes of at least 4 members (excludes halogenated alkanes) is 12. The van der Waals surface area contributed by atoms with Crippen molar-refractivity contribution in [1.82, 2.24) is 0 Å². The van der Waals surface area contributed by atoms with E-state index in [1.807, 2.05) is 0 Å². The summed E-state index contributed by atoms with van der Waals surface area (Å²) in [5.41, 5.74) is 0. The van der Waals surface area contributed by atoms with E-state index >= 15 is 0 Å². The standard InChI is InChI=1S/C16H32O2.Ba/c1-2-3-4-5-6-7-8-9-10-11-12-13-14-15-16(17)18;/h2-15H2,1H3,(H,17,18);. The van der Waals surface area contributed by atoms with Crippen molar-refractivity contribution < 1.29 is 9.90 Å². The van der Waals surface area contributed by atoms with Crippen molar-refractivity contribution in [3.05, 3.63) is 0 Å². The fourth-order valence-electron chi connectivity index (χ4n) is 2.29. The van der Waals surface area contributed by atoms with Crippen molar-refractivity contribution in [3.63, 3.8) is 0 Å². The number of carboxylic acids is 1. The van der Waals surface area contributed by atoms with Crippen LogP contribution < -0.4 is 0 Å². The predicted molar refractivity (Wildman–Crippen MR) is 83.7 cm³/mol. The number of aliphatic carboxylic acids is 1. The Hall–Kier alpha value is 1.04. The summed E-state index contributed by atoms with van der Waals surface area (Å²) >= 11 is 0. The van der Waals surface area contributed by atoms with E-state index in [0.29, 0.717) is 6.42 Å². The van der Waals surface area contributed by atoms with Crippen molar-refractivity contribution >= 4 is 54.9 Å². The minimum absolute atomic E-state index is 0. The Kier molecular flexibility index (Phi) is 22.4. The average molecular weight is 394 g/mol. The Morgan fingerprint density at radius 3 is 1.32 bits per heavy atom. The molecule has 0 heterocycles. The van der Waals surface area contributed by atoms with Gasteiger partial charge in [0, 0.05) is 55.3 Å². The number of hydrogen-bond donors (Lipinski definition) is 1. The zero-order valence-corrected chi connectivity index (χ0v) is 17.4. The van der Waals surface area contributed by atoms with Gasteiger partial charge in [0.1, 0.15) is 0 Å². The molecule has 0 aromatic heterocycles. The van der Waals surface area contributed by atoms with Gasteiger partial charge >= 0.3 is 5.97 Å². The molecule has 0 bridgehead atoms. The van der Waals surface area contributed by atoms with Gasteiger partial charge in [-0.2, -0.15) is 0 Å². The van der Waals surface area contributed by atoms with Gasteiger partial charge in [0.05, 0.1) is 0 Å². The number of carbonyl (C=O) groups is 1. The van der Waals surface area contributed by atoms with E-state index in [0.717, 1.165) is 12.8 Å². The summed E-state index contributed by atoms with van der Waals surface area (Å²) in [6.45, 7) is 2.26. The van der Waals surface area contributed by atoms with Gasteiger partial charge < -0.3 is 5.11 Å². The molecule has 0 aromatic carbocycles. The quantitative estimate of drug-likeness (QED) is 0.326. The van der Waals surface area contributed by atoms with Crippen LogP contribution in [0.3, 0.4) is 0 Å². The Labute approximate surface area is 160 Å². The molecule has 0 unspecified atom stereocenters. The summed E-state index contributed by atoms with van der Waals surface area (Å²) in [5, 5.41) is 8.49. The molecule has 110 valence electrons. The number of hydrogen-bond acceptors (Lipinski definition) is 1. The third kappa shape index (κ3) is 21.5. The van der Waals surface area contributed by atoms with Crippen molar-refractivity contribution in [2.75, 3.05) is 0 Å². The van der Waals surface area contributed by atoms with Gasteiger partial charge in [0.2, 0.25) is 0 Å². The Morgan fingerprint density at radius 2 is 1.00 bits per heavy atom. The van der Waals surface area contributed by atoms with Crippen LogP contribution in [0.2, 0.25) is 0 Å². The molecular weight excluding hydrogens is 362 g/mol. The predicted octanol–water partition coefficient (Wildman–Crippen LogP) is 5.17. The molecule has 0 atom stereocenters. The molecule has 0 saturated carbocycles. The minimum atomic E-state index is -0.655. The molecule has 0 aliphatic heterocycles. The molecule has 0 rings (SSSR count). The average Bonchev–Trinajstić information content (AvgIpc) is 2.34. The van der Waals surface area contributed by atoms with E-state index in [9.17, 15) is 4.79 Å². The first kappa shape index (κ1) is 22.3. The zero-order chi connectivity index (χ0) is 13.5. The summed E-state index contributed by atoms with van der Waals surface area (Å²) in [5.74, 6) is -0.655. The molecule has 0 aliphatic rings. The van der Waals surface area contributed by atoms with Crippen molar-refractivity contribution in [2.24, 2.45) is 0 Å². The van der Waals surface area contributed by atoms with Gasteiger partial charge in [0.25, 0.3) is 0 Å². The number of rotatable bonds is 14. The van der Waals surface area contributed by atoms with Crippen LogP contribution in [0.5, 0.6) is 0 Å². The van der Waals surface area contributed by atoms with Crippen LogP contribution in [-0.4, -0.2) is 60.0 Å². The van der Waals surface area contributed by atoms with E-state index in [4.69, 9.17) is 5.11 Å². The first-order chi connectivity index (χ1) is 8.77. The SMILES string of the molecule is CCCCCCCCCCCCCCCC(=O)O.[Ba]. The van der Waals surface area contributed by atoms with Gasteiger partial charge in [-0.05, 0) is 6.42 Å². The fraction of sp³-hybridized carbons (Fsp3) is 0.938. The summed E-state index contributed by atoms with van der Waals surface area (Å²) in [6, 6.07) is 0. The largest absolute Gasteiger partial charge is 0.481 e. The van der Waals surface area contributed by atoms with Crippen LogP contribution in [0.4, 0.5) is 0 Å². The van der Waals surface area contributed by atoms with Crippen molar-refractivity contribution in [1.29, 1.82) is 0 Å². The first-order valence-electron chi connectivity index (χ1n) is 7.99. The second-order valence-corrected chi connectivity index (χ2v) is 5.39. The maximum Gasteiger partial charge on any atom is 0.303 e. The molecule has 2 radical (unpaired) electrons. The van der Waals surface area contributed by atoms with Gasteiger partial charge in [-0.3, -0.25) is 4.79 Å². The van der Waals surface area contributed by atoms with Crippen LogP contribution >= 0.6 is 0 Å². The minimum Gasteiger partial charge on any atom is -0.481 e. The molecular formula is C16H32BaO2. The summed E-state index contributed by atoms with van der Waals surface area (Å²) < 4.78 is 0. The van der Waals surface area contributed by atoms with E-state index in [1.165, 1.54) is 70.6 Å². The normalized spacial score (nSPS) is 10.2. The summed E-state index contributed by atoms with van der Waals surface area (Å²) in [4.78, 5) is 10.3. The third-order valence-electron chi connectivity index (χ3n) is 3.49. The van der Waals surface area contributed by atoms with Crippen LogP contribution in [0, 0.1) is 0 Å². The second-order valence-electron chi connectivity index (χ2n) is 5.39. The van der Waals surface area contributed by atoms with E-state index in [-0.39, 0.29) is 48.9 Å². The third-order valence-corrected chi connectivity index (χ3v) is 3.49. The van der Waals surface area contributed by atoms with Crippen LogP contribution in [0.1, 0.15) is 96.8 Å². The van der Waals surface area contributed by atoms with E-state index < -0.39 is 5.97 Å². The smallest absolute Gasteiger partial charge is 0.303 e. The topological polar surface area (TPSA) is 37.3 Å². The number of carboxylic acid groups (broad SMARTS) is 1. The molecule has 1 N–H and O–H groups in total. The molecule has 0 amide bonds. The van der Waals surface area contributed by atoms with E-state index in [2.05, 4.69) is 6.92 Å². The Balaban J connectivity index is 0. The molecule has 0 fully saturated rings. The maximum absolute atomic E-state index is 10.3. The van der Waals surface area contributed by atoms with Crippen LogP contribution in [0.15, 0.2) is 0 Å². The second kappa shape index (κ2) is 19.0. The summed E-state index contributed by atoms with van der Waals surface area (Å²) in [6.07, 6.45) is 17.3. The van der Waals surface area contributed by atoms with Crippen molar-refractivity contribution in [3.8, 4) is 0 Å². The molecule has 0 spiro atoms. The monoisotopic (exact) mass is 394 g/mol. The maximum atomic E-state index is 10.3. The van der Waals surface area contributed by atoms with Gasteiger partial charge in [0.15, 0.2) is 0 Å². The van der Waals surface area contributed by atoms with Gasteiger partial charge in [-0.15, -0.1) is 0 Å². The zero-order valence-electron chi connectivity index (χ0n) is 13.0. The van der Waals surface area contributed by atoms with Crippen LogP contribution in [-0.2, 0) is 4.79 Å². The Bertz CT molecular complexity index is 184. The fourth-order valence-corrected chi connectivity index (χ4v) is 2.29. The van der Waals surface area contributed by atoms with E-state index in [1.54, 1.807) is 0 Å². The summed E-state index contributed by atoms with van der Waals surface area (Å²) in [7, 11) is 0. The molecule has 2 nitrogen and oxygen atoms in total. The molecule has 19 heavy (non-hydrogen) atoms. The molecule has 0 saturated heterocycles. The first-order valence-corrected chi connectivity index (χ1v) is 7.99. The van der Waals surface area contributed by atoms with Gasteiger partial charge in [-0.25, -0.2) is 0 Å². The molecule has 3 heteroatoms. The van der Waals surface area contributed by atoms with Crippen molar-refractivity contribution in [2.45, 2.75) is 96.8 Å². The van der Waals surface area contributed by atoms with Crippen LogP contribution in [0.25, 0.3) is 0 Å². The Morgan fingerprint density at radius 1 is 0.684 bits per heavy atom. The molecule has 0 aromatic rings. The van der Waals surface area contributed by atoms with Gasteiger partial charge in [-0.1, -0.05) is 84.0 Å².